The molecule has 35 heavy (non-hydrogen) atoms. The number of hydrogen-bond donors (Lipinski definition) is 2. The predicted octanol–water partition coefficient (Wildman–Crippen LogP) is 6.43. The average molecular weight is 511 g/mol. The minimum Gasteiger partial charge on any atom is -0.490 e. The third-order valence-electron chi connectivity index (χ3n) is 6.79. The van der Waals surface area contributed by atoms with Crippen molar-refractivity contribution in [3.05, 3.63) is 62.2 Å². The molecular weight excluding hydrogens is 480 g/mol. The van der Waals surface area contributed by atoms with Crippen LogP contribution >= 0.6 is 22.7 Å². The molecule has 2 aromatic heterocycles. The van der Waals surface area contributed by atoms with Crippen molar-refractivity contribution in [1.82, 2.24) is 5.32 Å². The zero-order chi connectivity index (χ0) is 24.7. The lowest BCUT2D eigenvalue weighted by Crippen LogP contribution is -2.38. The van der Waals surface area contributed by atoms with E-state index in [4.69, 9.17) is 9.47 Å². The maximum atomic E-state index is 13.2. The fourth-order valence-corrected chi connectivity index (χ4v) is 6.76. The van der Waals surface area contributed by atoms with E-state index >= 15 is 0 Å². The van der Waals surface area contributed by atoms with Crippen molar-refractivity contribution >= 4 is 39.6 Å². The zero-order valence-corrected chi connectivity index (χ0v) is 22.0. The first-order valence-electron chi connectivity index (χ1n) is 12.0. The third kappa shape index (κ3) is 4.69. The van der Waals surface area contributed by atoms with Gasteiger partial charge in [0.05, 0.1) is 12.2 Å². The quantitative estimate of drug-likeness (QED) is 0.305. The average Bonchev–Trinajstić information content (AvgIpc) is 3.47. The fourth-order valence-electron chi connectivity index (χ4n) is 4.81. The van der Waals surface area contributed by atoms with Crippen LogP contribution in [0, 0.1) is 11.3 Å². The van der Waals surface area contributed by atoms with Crippen LogP contribution in [-0.4, -0.2) is 18.5 Å². The molecule has 184 valence electrons. The maximum absolute atomic E-state index is 13.2. The number of carbonyl (C=O) groups is 2. The van der Waals surface area contributed by atoms with Gasteiger partial charge in [-0.2, -0.15) is 0 Å². The molecule has 1 aliphatic heterocycles. The number of carbonyl (C=O) groups excluding carboxylic acids is 2. The van der Waals surface area contributed by atoms with Gasteiger partial charge in [-0.15, -0.1) is 22.7 Å². The van der Waals surface area contributed by atoms with Gasteiger partial charge in [0.2, 0.25) is 0 Å². The first-order valence-corrected chi connectivity index (χ1v) is 13.7. The molecule has 8 heteroatoms. The zero-order valence-electron chi connectivity index (χ0n) is 20.4. The summed E-state index contributed by atoms with van der Waals surface area (Å²) in [5, 5.41) is 9.41. The van der Waals surface area contributed by atoms with Crippen molar-refractivity contribution in [1.29, 1.82) is 0 Å². The van der Waals surface area contributed by atoms with Gasteiger partial charge in [-0.05, 0) is 72.2 Å². The van der Waals surface area contributed by atoms with Crippen molar-refractivity contribution in [3.8, 4) is 11.5 Å². The molecule has 1 aromatic carbocycles. The molecule has 2 N–H and O–H groups in total. The molecule has 0 spiro atoms. The number of amides is 1. The van der Waals surface area contributed by atoms with Crippen LogP contribution in [-0.2, 0) is 12.8 Å². The Kier molecular flexibility index (Phi) is 6.36. The van der Waals surface area contributed by atoms with Crippen molar-refractivity contribution in [3.63, 3.8) is 0 Å². The van der Waals surface area contributed by atoms with Gasteiger partial charge in [0.25, 0.3) is 5.91 Å². The molecule has 2 atom stereocenters. The summed E-state index contributed by atoms with van der Waals surface area (Å²) in [4.78, 5) is 27.5. The number of rotatable bonds is 5. The van der Waals surface area contributed by atoms with Gasteiger partial charge in [0.1, 0.15) is 16.0 Å². The maximum Gasteiger partial charge on any atom is 0.353 e. The first-order chi connectivity index (χ1) is 16.7. The van der Waals surface area contributed by atoms with Crippen LogP contribution in [0.2, 0.25) is 0 Å². The Bertz CT molecular complexity index is 1260. The van der Waals surface area contributed by atoms with Crippen LogP contribution in [0.1, 0.15) is 76.3 Å². The predicted molar refractivity (Wildman–Crippen MR) is 140 cm³/mol. The molecule has 0 saturated carbocycles. The molecule has 1 amide bonds. The summed E-state index contributed by atoms with van der Waals surface area (Å²) in [6.45, 7) is 9.21. The molecule has 1 aliphatic carbocycles. The Morgan fingerprint density at radius 3 is 2.71 bits per heavy atom. The highest BCUT2D eigenvalue weighted by Gasteiger charge is 2.36. The molecule has 0 unspecified atom stereocenters. The number of benzene rings is 1. The Hall–Kier alpha value is -2.84. The van der Waals surface area contributed by atoms with E-state index in [1.54, 1.807) is 23.5 Å². The van der Waals surface area contributed by atoms with Gasteiger partial charge < -0.3 is 20.1 Å². The molecule has 0 bridgehead atoms. The number of fused-ring (bicyclic) bond motifs is 3. The molecule has 6 nitrogen and oxygen atoms in total. The lowest BCUT2D eigenvalue weighted by molar-refractivity contribution is 0.0733. The highest BCUT2D eigenvalue weighted by molar-refractivity contribution is 7.16. The van der Waals surface area contributed by atoms with Crippen LogP contribution in [0.15, 0.2) is 35.7 Å². The highest BCUT2D eigenvalue weighted by atomic mass is 32.1. The SMILES string of the molecule is CCOc1cc([C@@H]2NC(=O)c3c(sc4c3CC[C@@H](C(C)(C)C)C4)N2)ccc1OC(=O)c1cccs1. The summed E-state index contributed by atoms with van der Waals surface area (Å²) < 4.78 is 11.4. The van der Waals surface area contributed by atoms with Crippen LogP contribution in [0.5, 0.6) is 11.5 Å². The van der Waals surface area contributed by atoms with Gasteiger partial charge in [0, 0.05) is 4.88 Å². The van der Waals surface area contributed by atoms with Crippen molar-refractivity contribution < 1.29 is 19.1 Å². The van der Waals surface area contributed by atoms with Crippen LogP contribution in [0.4, 0.5) is 5.00 Å². The molecule has 2 aliphatic rings. The Morgan fingerprint density at radius 2 is 2.00 bits per heavy atom. The topological polar surface area (TPSA) is 76.7 Å². The lowest BCUT2D eigenvalue weighted by atomic mass is 9.72. The number of nitrogens with one attached hydrogen (secondary N) is 2. The fraction of sp³-hybridized carbons (Fsp3) is 0.407. The molecule has 5 rings (SSSR count). The molecule has 0 radical (unpaired) electrons. The monoisotopic (exact) mass is 510 g/mol. The summed E-state index contributed by atoms with van der Waals surface area (Å²) in [5.41, 5.74) is 3.10. The normalized spacial score (nSPS) is 19.3. The molecule has 0 saturated heterocycles. The van der Waals surface area contributed by atoms with E-state index in [2.05, 4.69) is 31.4 Å². The van der Waals surface area contributed by atoms with Crippen molar-refractivity contribution in [2.75, 3.05) is 11.9 Å². The van der Waals surface area contributed by atoms with Crippen LogP contribution in [0.3, 0.4) is 0 Å². The van der Waals surface area contributed by atoms with E-state index in [9.17, 15) is 9.59 Å². The number of anilines is 1. The summed E-state index contributed by atoms with van der Waals surface area (Å²) in [5.74, 6) is 0.987. The Labute approximate surface area is 213 Å². The van der Waals surface area contributed by atoms with Crippen LogP contribution < -0.4 is 20.1 Å². The van der Waals surface area contributed by atoms with Gasteiger partial charge in [-0.25, -0.2) is 4.79 Å². The molecule has 0 fully saturated rings. The van der Waals surface area contributed by atoms with E-state index in [0.717, 1.165) is 35.4 Å². The number of hydrogen-bond acceptors (Lipinski definition) is 7. The van der Waals surface area contributed by atoms with Gasteiger partial charge in [0.15, 0.2) is 11.5 Å². The smallest absolute Gasteiger partial charge is 0.353 e. The molecular formula is C27H30N2O4S2. The van der Waals surface area contributed by atoms with E-state index in [1.807, 2.05) is 30.5 Å². The second-order valence-corrected chi connectivity index (χ2v) is 12.1. The highest BCUT2D eigenvalue weighted by Crippen LogP contribution is 2.46. The van der Waals surface area contributed by atoms with Gasteiger partial charge in [-0.3, -0.25) is 4.79 Å². The Balaban J connectivity index is 1.39. The van der Waals surface area contributed by atoms with E-state index in [-0.39, 0.29) is 11.3 Å². The minimum absolute atomic E-state index is 0.0402. The number of thiophene rings is 2. The summed E-state index contributed by atoms with van der Waals surface area (Å²) >= 11 is 3.04. The first kappa shape index (κ1) is 23.9. The van der Waals surface area contributed by atoms with Gasteiger partial charge >= 0.3 is 5.97 Å². The minimum atomic E-state index is -0.417. The third-order valence-corrected chi connectivity index (χ3v) is 8.83. The number of ether oxygens (including phenoxy) is 2. The molecule has 3 aromatic rings. The summed E-state index contributed by atoms with van der Waals surface area (Å²) in [7, 11) is 0. The van der Waals surface area contributed by atoms with E-state index in [1.165, 1.54) is 21.8 Å². The second kappa shape index (κ2) is 9.32. The second-order valence-electron chi connectivity index (χ2n) is 10.1. The summed E-state index contributed by atoms with van der Waals surface area (Å²) in [6, 6.07) is 8.94. The summed E-state index contributed by atoms with van der Waals surface area (Å²) in [6.07, 6.45) is 2.69. The van der Waals surface area contributed by atoms with Gasteiger partial charge in [-0.1, -0.05) is 32.9 Å². The van der Waals surface area contributed by atoms with E-state index < -0.39 is 12.1 Å². The van der Waals surface area contributed by atoms with Crippen molar-refractivity contribution in [2.24, 2.45) is 11.3 Å². The number of esters is 1. The standard InChI is InChI=1S/C27H30N2O4S2/c1-5-32-19-13-15(8-11-18(19)33-26(31)20-7-6-12-34-20)23-28-24(30)22-17-10-9-16(27(2,3)4)14-21(17)35-25(22)29-23/h6-8,11-13,16,23,29H,5,9-10,14H2,1-4H3,(H,28,30)/t16-,23-/m1/s1. The molecule has 3 heterocycles. The largest absolute Gasteiger partial charge is 0.490 e. The van der Waals surface area contributed by atoms with Crippen LogP contribution in [0.25, 0.3) is 0 Å². The Morgan fingerprint density at radius 1 is 1.17 bits per heavy atom. The van der Waals surface area contributed by atoms with E-state index in [0.29, 0.717) is 28.9 Å². The van der Waals surface area contributed by atoms with Crippen molar-refractivity contribution in [2.45, 2.75) is 53.1 Å². The lowest BCUT2D eigenvalue weighted by Gasteiger charge is -2.34.